The number of imidazole rings is 1. The van der Waals surface area contributed by atoms with E-state index < -0.39 is 0 Å². The van der Waals surface area contributed by atoms with Gasteiger partial charge in [0.25, 0.3) is 0 Å². The number of anilines is 1. The van der Waals surface area contributed by atoms with Gasteiger partial charge in [-0.05, 0) is 24.6 Å². The van der Waals surface area contributed by atoms with E-state index in [0.29, 0.717) is 5.69 Å². The van der Waals surface area contributed by atoms with Gasteiger partial charge in [0.2, 0.25) is 0 Å². The van der Waals surface area contributed by atoms with Crippen LogP contribution in [0.4, 0.5) is 5.69 Å². The van der Waals surface area contributed by atoms with Crippen LogP contribution in [0.1, 0.15) is 13.3 Å². The van der Waals surface area contributed by atoms with Crippen molar-refractivity contribution in [2.75, 3.05) is 5.73 Å². The highest BCUT2D eigenvalue weighted by molar-refractivity contribution is 5.80. The summed E-state index contributed by atoms with van der Waals surface area (Å²) in [6, 6.07) is 5.75. The van der Waals surface area contributed by atoms with Gasteiger partial charge in [0.15, 0.2) is 5.65 Å². The average molecular weight is 253 g/mol. The average Bonchev–Trinajstić information content (AvgIpc) is 2.79. The molecule has 0 aliphatic carbocycles. The Morgan fingerprint density at radius 2 is 2.16 bits per heavy atom. The van der Waals surface area contributed by atoms with Gasteiger partial charge in [0.1, 0.15) is 11.3 Å². The number of aryl methyl sites for hydroxylation is 1. The van der Waals surface area contributed by atoms with Crippen LogP contribution in [-0.2, 0) is 6.54 Å². The van der Waals surface area contributed by atoms with E-state index in [2.05, 4.69) is 26.4 Å². The quantitative estimate of drug-likeness (QED) is 0.778. The van der Waals surface area contributed by atoms with Crippen LogP contribution in [0, 0.1) is 0 Å². The van der Waals surface area contributed by atoms with Gasteiger partial charge in [0, 0.05) is 24.5 Å². The first-order valence-electron chi connectivity index (χ1n) is 6.32. The van der Waals surface area contributed by atoms with Gasteiger partial charge in [0.05, 0.1) is 11.9 Å². The number of aromatic nitrogens is 4. The van der Waals surface area contributed by atoms with Crippen molar-refractivity contribution in [3.05, 3.63) is 36.8 Å². The zero-order chi connectivity index (χ0) is 13.2. The highest BCUT2D eigenvalue weighted by Crippen LogP contribution is 2.27. The van der Waals surface area contributed by atoms with E-state index in [-0.39, 0.29) is 0 Å². The molecule has 3 aromatic rings. The molecule has 5 heteroatoms. The van der Waals surface area contributed by atoms with Crippen LogP contribution in [0.15, 0.2) is 36.8 Å². The molecule has 2 N–H and O–H groups in total. The van der Waals surface area contributed by atoms with E-state index >= 15 is 0 Å². The van der Waals surface area contributed by atoms with E-state index in [1.54, 1.807) is 18.6 Å². The van der Waals surface area contributed by atoms with Crippen molar-refractivity contribution in [1.29, 1.82) is 0 Å². The Morgan fingerprint density at radius 3 is 2.95 bits per heavy atom. The first-order chi connectivity index (χ1) is 9.31. The van der Waals surface area contributed by atoms with Crippen LogP contribution in [0.25, 0.3) is 22.6 Å². The first kappa shape index (κ1) is 11.6. The Hall–Kier alpha value is -2.43. The van der Waals surface area contributed by atoms with Gasteiger partial charge in [-0.2, -0.15) is 0 Å². The number of rotatable bonds is 3. The van der Waals surface area contributed by atoms with Gasteiger partial charge in [-0.25, -0.2) is 9.97 Å². The van der Waals surface area contributed by atoms with Crippen molar-refractivity contribution in [3.8, 4) is 11.4 Å². The minimum absolute atomic E-state index is 0.634. The Labute approximate surface area is 111 Å². The zero-order valence-electron chi connectivity index (χ0n) is 10.7. The fourth-order valence-electron chi connectivity index (χ4n) is 2.21. The lowest BCUT2D eigenvalue weighted by Gasteiger charge is -2.08. The molecule has 96 valence electrons. The molecule has 0 amide bonds. The monoisotopic (exact) mass is 253 g/mol. The summed E-state index contributed by atoms with van der Waals surface area (Å²) in [5, 5.41) is 0. The Kier molecular flexibility index (Phi) is 2.87. The standard InChI is InChI=1S/C14H15N5/c1-2-8-19-13(10-5-7-16-9-11(10)15)18-12-4-3-6-17-14(12)19/h3-7,9H,2,8,15H2,1H3. The highest BCUT2D eigenvalue weighted by Gasteiger charge is 2.14. The lowest BCUT2D eigenvalue weighted by molar-refractivity contribution is 0.698. The molecule has 0 atom stereocenters. The molecule has 19 heavy (non-hydrogen) atoms. The lowest BCUT2D eigenvalue weighted by atomic mass is 10.2. The van der Waals surface area contributed by atoms with E-state index in [0.717, 1.165) is 35.5 Å². The topological polar surface area (TPSA) is 69.6 Å². The fourth-order valence-corrected chi connectivity index (χ4v) is 2.21. The van der Waals surface area contributed by atoms with Gasteiger partial charge < -0.3 is 10.3 Å². The molecule has 0 saturated carbocycles. The van der Waals surface area contributed by atoms with Crippen molar-refractivity contribution in [2.24, 2.45) is 0 Å². The highest BCUT2D eigenvalue weighted by atomic mass is 15.1. The van der Waals surface area contributed by atoms with Gasteiger partial charge in [-0.3, -0.25) is 4.98 Å². The number of fused-ring (bicyclic) bond motifs is 1. The first-order valence-corrected chi connectivity index (χ1v) is 6.32. The largest absolute Gasteiger partial charge is 0.397 e. The second kappa shape index (κ2) is 4.68. The van der Waals surface area contributed by atoms with Crippen molar-refractivity contribution in [3.63, 3.8) is 0 Å². The molecule has 0 aliphatic rings. The smallest absolute Gasteiger partial charge is 0.160 e. The summed E-state index contributed by atoms with van der Waals surface area (Å²) < 4.78 is 2.11. The molecule has 0 fully saturated rings. The summed E-state index contributed by atoms with van der Waals surface area (Å²) >= 11 is 0. The molecule has 0 saturated heterocycles. The summed E-state index contributed by atoms with van der Waals surface area (Å²) in [7, 11) is 0. The SMILES string of the molecule is CCCn1c(-c2ccncc2N)nc2cccnc21. The van der Waals surface area contributed by atoms with Gasteiger partial charge >= 0.3 is 0 Å². The molecule has 0 spiro atoms. The maximum atomic E-state index is 6.00. The second-order valence-electron chi connectivity index (χ2n) is 4.40. The third-order valence-electron chi connectivity index (χ3n) is 3.04. The molecule has 0 bridgehead atoms. The van der Waals surface area contributed by atoms with Crippen molar-refractivity contribution >= 4 is 16.9 Å². The predicted molar refractivity (Wildman–Crippen MR) is 75.5 cm³/mol. The number of nitrogens with two attached hydrogens (primary N) is 1. The lowest BCUT2D eigenvalue weighted by Crippen LogP contribution is -2.02. The molecule has 0 radical (unpaired) electrons. The minimum atomic E-state index is 0.634. The molecule has 3 rings (SSSR count). The van der Waals surface area contributed by atoms with Gasteiger partial charge in [-0.15, -0.1) is 0 Å². The van der Waals surface area contributed by atoms with Crippen molar-refractivity contribution in [2.45, 2.75) is 19.9 Å². The summed E-state index contributed by atoms with van der Waals surface area (Å²) in [5.74, 6) is 0.857. The summed E-state index contributed by atoms with van der Waals surface area (Å²) in [5.41, 5.74) is 9.33. The Bertz CT molecular complexity index is 717. The van der Waals surface area contributed by atoms with Gasteiger partial charge in [-0.1, -0.05) is 6.92 Å². The number of nitrogens with zero attached hydrogens (tertiary/aromatic N) is 4. The van der Waals surface area contributed by atoms with Crippen molar-refractivity contribution < 1.29 is 0 Å². The number of nitrogen functional groups attached to an aromatic ring is 1. The van der Waals surface area contributed by atoms with E-state index in [4.69, 9.17) is 5.73 Å². The summed E-state index contributed by atoms with van der Waals surface area (Å²) in [6.45, 7) is 3.00. The molecule has 5 nitrogen and oxygen atoms in total. The molecule has 3 aromatic heterocycles. The number of pyridine rings is 2. The fraction of sp³-hybridized carbons (Fsp3) is 0.214. The number of hydrogen-bond acceptors (Lipinski definition) is 4. The Balaban J connectivity index is 2.28. The van der Waals surface area contributed by atoms with Crippen LogP contribution in [0.2, 0.25) is 0 Å². The second-order valence-corrected chi connectivity index (χ2v) is 4.40. The minimum Gasteiger partial charge on any atom is -0.397 e. The van der Waals surface area contributed by atoms with Crippen LogP contribution < -0.4 is 5.73 Å². The maximum Gasteiger partial charge on any atom is 0.160 e. The van der Waals surface area contributed by atoms with Crippen LogP contribution in [0.5, 0.6) is 0 Å². The molecule has 0 aromatic carbocycles. The third kappa shape index (κ3) is 1.93. The third-order valence-corrected chi connectivity index (χ3v) is 3.04. The maximum absolute atomic E-state index is 6.00. The normalized spacial score (nSPS) is 11.0. The van der Waals surface area contributed by atoms with Crippen molar-refractivity contribution in [1.82, 2.24) is 19.5 Å². The molecule has 3 heterocycles. The Morgan fingerprint density at radius 1 is 1.26 bits per heavy atom. The van der Waals surface area contributed by atoms with Crippen LogP contribution in [-0.4, -0.2) is 19.5 Å². The molecule has 0 aliphatic heterocycles. The van der Waals surface area contributed by atoms with E-state index in [1.807, 2.05) is 18.2 Å². The molecular weight excluding hydrogens is 238 g/mol. The number of hydrogen-bond donors (Lipinski definition) is 1. The zero-order valence-corrected chi connectivity index (χ0v) is 10.7. The van der Waals surface area contributed by atoms with E-state index in [9.17, 15) is 0 Å². The summed E-state index contributed by atoms with van der Waals surface area (Å²) in [6.07, 6.45) is 6.18. The molecule has 0 unspecified atom stereocenters. The molecular formula is C14H15N5. The van der Waals surface area contributed by atoms with E-state index in [1.165, 1.54) is 0 Å². The predicted octanol–water partition coefficient (Wildman–Crippen LogP) is 2.49. The summed E-state index contributed by atoms with van der Waals surface area (Å²) in [4.78, 5) is 13.1. The van der Waals surface area contributed by atoms with Crippen LogP contribution in [0.3, 0.4) is 0 Å². The van der Waals surface area contributed by atoms with Crippen LogP contribution >= 0.6 is 0 Å².